The summed E-state index contributed by atoms with van der Waals surface area (Å²) in [5.74, 6) is -10.7. The number of aromatic nitrogens is 3. The van der Waals surface area contributed by atoms with E-state index in [0.29, 0.717) is 28.7 Å². The monoisotopic (exact) mass is 1500 g/mol. The molecule has 5 aromatic rings. The van der Waals surface area contributed by atoms with Gasteiger partial charge in [-0.3, -0.25) is 52.7 Å². The summed E-state index contributed by atoms with van der Waals surface area (Å²) in [4.78, 5) is 165. The molecule has 3 saturated heterocycles. The highest BCUT2D eigenvalue weighted by molar-refractivity contribution is 6.00. The fraction of sp³-hybridized carbons (Fsp3) is 0.507. The third-order valence-corrected chi connectivity index (χ3v) is 19.0. The first-order chi connectivity index (χ1) is 51.7. The molecular formula is C75H102N16O17. The predicted octanol–water partition coefficient (Wildman–Crippen LogP) is -2.65. The van der Waals surface area contributed by atoms with Crippen LogP contribution in [0.5, 0.6) is 5.75 Å². The number of aliphatic hydroxyl groups is 3. The van der Waals surface area contributed by atoms with Gasteiger partial charge in [-0.05, 0) is 91.3 Å². The molecule has 584 valence electrons. The van der Waals surface area contributed by atoms with E-state index in [9.17, 15) is 44.4 Å². The highest BCUT2D eigenvalue weighted by Gasteiger charge is 2.45. The molecule has 0 spiro atoms. The number of aliphatic hydroxyl groups excluding tert-OH is 3. The molecule has 4 heterocycles. The molecule has 3 aliphatic heterocycles. The van der Waals surface area contributed by atoms with Crippen LogP contribution in [0.25, 0.3) is 0 Å². The number of hydrogen-bond acceptors (Lipinski definition) is 21. The lowest BCUT2D eigenvalue weighted by Crippen LogP contribution is -2.62. The Kier molecular flexibility index (Phi) is 31.3. The Labute approximate surface area is 625 Å². The Morgan fingerprint density at radius 2 is 1.03 bits per heavy atom. The number of amides is 11. The van der Waals surface area contributed by atoms with E-state index in [0.717, 1.165) is 0 Å². The van der Waals surface area contributed by atoms with E-state index >= 15 is 28.8 Å². The zero-order valence-electron chi connectivity index (χ0n) is 61.0. The number of nitrogens with one attached hydrogen (secondary N) is 9. The van der Waals surface area contributed by atoms with Crippen LogP contribution in [-0.4, -0.2) is 223 Å². The van der Waals surface area contributed by atoms with Gasteiger partial charge < -0.3 is 99.9 Å². The zero-order valence-corrected chi connectivity index (χ0v) is 61.0. The third-order valence-electron chi connectivity index (χ3n) is 19.0. The van der Waals surface area contributed by atoms with Crippen LogP contribution in [0.1, 0.15) is 101 Å². The van der Waals surface area contributed by atoms with Gasteiger partial charge in [0.05, 0.1) is 31.5 Å². The summed E-state index contributed by atoms with van der Waals surface area (Å²) in [7, 11) is 0. The summed E-state index contributed by atoms with van der Waals surface area (Å²) in [6.07, 6.45) is -5.69. The van der Waals surface area contributed by atoms with Crippen molar-refractivity contribution in [3.63, 3.8) is 0 Å². The molecule has 19 N–H and O–H groups in total. The lowest BCUT2D eigenvalue weighted by Gasteiger charge is -2.40. The van der Waals surface area contributed by atoms with Gasteiger partial charge in [0.15, 0.2) is 6.29 Å². The second-order valence-corrected chi connectivity index (χ2v) is 28.2. The number of nitrogens with two attached hydrogens (primary N) is 3. The lowest BCUT2D eigenvalue weighted by atomic mass is 9.98. The van der Waals surface area contributed by atoms with Gasteiger partial charge in [0.1, 0.15) is 84.5 Å². The van der Waals surface area contributed by atoms with Crippen LogP contribution in [0.3, 0.4) is 0 Å². The summed E-state index contributed by atoms with van der Waals surface area (Å²) in [6.45, 7) is 6.09. The Bertz CT molecular complexity index is 3840. The zero-order chi connectivity index (χ0) is 78.1. The normalized spacial score (nSPS) is 26.5. The SMILES string of the molecule is CC(C)C[C@@H]1NC(=O)[C@H](CCCN)NC(=O)[C@H](C(C)C)NC(=O)[C@H](Cc2ccc(O)cc2)NC(=O)[C@H](CCC(N)=O)NC(=O)[C@H](Cc2cn(CCO[C@@H]3O[C@H](CO)[C@@H](O)[C@H](O)[C@H]3N)nn2)NC(=O)[C@@H](Cc2ccccc2)NC(=O)[C@H](Cc2ccccc2)NC(=O)[C@@H]2CCCN2C(=O)[C@@H](Cc2ccccc2)NC1=O. The number of rotatable bonds is 24. The summed E-state index contributed by atoms with van der Waals surface area (Å²) in [6, 6.07) is 15.7. The van der Waals surface area contributed by atoms with Crippen LogP contribution >= 0.6 is 0 Å². The van der Waals surface area contributed by atoms with Crippen molar-refractivity contribution in [2.75, 3.05) is 26.3 Å². The minimum absolute atomic E-state index is 0.0444. The molecular weight excluding hydrogens is 1400 g/mol. The van der Waals surface area contributed by atoms with E-state index in [4.69, 9.17) is 26.7 Å². The van der Waals surface area contributed by atoms with Crippen molar-refractivity contribution in [3.05, 3.63) is 149 Å². The van der Waals surface area contributed by atoms with Crippen LogP contribution < -0.4 is 65.1 Å². The van der Waals surface area contributed by atoms with E-state index in [1.807, 2.05) is 13.8 Å². The average Bonchev–Trinajstić information content (AvgIpc) is 1.50. The van der Waals surface area contributed by atoms with Gasteiger partial charge in [0.2, 0.25) is 65.0 Å². The average molecular weight is 1500 g/mol. The van der Waals surface area contributed by atoms with Crippen molar-refractivity contribution >= 4 is 65.0 Å². The summed E-state index contributed by atoms with van der Waals surface area (Å²) in [5.41, 5.74) is 19.9. The van der Waals surface area contributed by atoms with E-state index in [-0.39, 0.29) is 95.0 Å². The second kappa shape index (κ2) is 40.6. The number of primary amides is 1. The number of hydrogen-bond donors (Lipinski definition) is 16. The number of ether oxygens (including phenoxy) is 2. The Morgan fingerprint density at radius 3 is 1.55 bits per heavy atom. The number of phenolic OH excluding ortho intramolecular Hbond substituents is 1. The largest absolute Gasteiger partial charge is 0.508 e. The van der Waals surface area contributed by atoms with Crippen molar-refractivity contribution in [1.82, 2.24) is 67.7 Å². The van der Waals surface area contributed by atoms with E-state index in [1.165, 1.54) is 40.0 Å². The number of carbonyl (C=O) groups is 11. The predicted molar refractivity (Wildman–Crippen MR) is 391 cm³/mol. The third kappa shape index (κ3) is 24.4. The highest BCUT2D eigenvalue weighted by atomic mass is 16.7. The van der Waals surface area contributed by atoms with Gasteiger partial charge in [-0.1, -0.05) is 136 Å². The quantitative estimate of drug-likeness (QED) is 0.0300. The minimum atomic E-state index is -1.74. The molecule has 0 aliphatic carbocycles. The summed E-state index contributed by atoms with van der Waals surface area (Å²) < 4.78 is 12.7. The molecule has 33 heteroatoms. The molecule has 33 nitrogen and oxygen atoms in total. The standard InChI is InChI=1S/C75H102N16O17/c1-42(2)34-52-67(99)86-57(38-46-20-12-7-13-21-46)74(106)91-31-15-23-58(91)72(104)85-54(36-45-18-10-6-11-19-45)69(101)83-53(35-44-16-8-5-9-17-44)68(100)84-56(39-48-40-90(89-88-48)32-33-107-75-61(78)64(96)63(95)59(41-92)108-75)70(102)79-51(28-29-60(77)94)66(98)82-55(37-47-24-26-49(93)27-25-47)71(103)87-62(43(3)4)73(105)80-50(22-14-30-76)65(97)81-52/h5-13,16-21,24-27,40,42-43,50-59,61-64,75,92-93,95-96H,14-15,22-23,28-39,41,76,78H2,1-4H3,(H2,77,94)(H,79,102)(H,80,105)(H,81,97)(H,82,98)(H,83,101)(H,84,100)(H,85,104)(H,86,99)(H,87,103)/t50-,51-,52-,53+,54-,55-,56-,57+,58-,59+,61+,62-,63+,64+,75+/m0/s1. The molecule has 3 aliphatic rings. The Balaban J connectivity index is 1.21. The van der Waals surface area contributed by atoms with Gasteiger partial charge in [-0.2, -0.15) is 0 Å². The Morgan fingerprint density at radius 1 is 0.574 bits per heavy atom. The van der Waals surface area contributed by atoms with E-state index in [1.54, 1.807) is 105 Å². The first-order valence-corrected chi connectivity index (χ1v) is 36.5. The van der Waals surface area contributed by atoms with Crippen LogP contribution in [0.15, 0.2) is 121 Å². The number of benzene rings is 4. The minimum Gasteiger partial charge on any atom is -0.508 e. The first kappa shape index (κ1) is 83.3. The van der Waals surface area contributed by atoms with Gasteiger partial charge in [-0.25, -0.2) is 4.68 Å². The van der Waals surface area contributed by atoms with E-state index < -0.39 is 188 Å². The van der Waals surface area contributed by atoms with E-state index in [2.05, 4.69) is 58.2 Å². The maximum Gasteiger partial charge on any atom is 0.246 e. The number of aromatic hydroxyl groups is 1. The maximum absolute atomic E-state index is 15.4. The molecule has 108 heavy (non-hydrogen) atoms. The molecule has 0 bridgehead atoms. The van der Waals surface area contributed by atoms with Crippen molar-refractivity contribution in [1.29, 1.82) is 0 Å². The van der Waals surface area contributed by atoms with Crippen LogP contribution in [-0.2, 0) is 101 Å². The van der Waals surface area contributed by atoms with Gasteiger partial charge in [0.25, 0.3) is 0 Å². The molecule has 15 atom stereocenters. The topological polar surface area (TPSA) is 507 Å². The number of carbonyl (C=O) groups excluding carboxylic acids is 11. The van der Waals surface area contributed by atoms with Crippen molar-refractivity contribution in [3.8, 4) is 5.75 Å². The van der Waals surface area contributed by atoms with Crippen LogP contribution in [0.2, 0.25) is 0 Å². The van der Waals surface area contributed by atoms with Crippen molar-refractivity contribution < 1.29 is 82.6 Å². The van der Waals surface area contributed by atoms with Crippen LogP contribution in [0.4, 0.5) is 0 Å². The molecule has 1 aromatic heterocycles. The molecule has 11 amide bonds. The maximum atomic E-state index is 15.4. The summed E-state index contributed by atoms with van der Waals surface area (Å²) >= 11 is 0. The smallest absolute Gasteiger partial charge is 0.246 e. The first-order valence-electron chi connectivity index (χ1n) is 36.5. The number of fused-ring (bicyclic) bond motifs is 1. The second-order valence-electron chi connectivity index (χ2n) is 28.2. The van der Waals surface area contributed by atoms with Gasteiger partial charge in [0, 0.05) is 51.3 Å². The molecule has 4 aromatic carbocycles. The number of nitrogens with zero attached hydrogens (tertiary/aromatic N) is 4. The fourth-order valence-corrected chi connectivity index (χ4v) is 13.0. The molecule has 3 fully saturated rings. The number of phenols is 1. The Hall–Kier alpha value is -10.3. The van der Waals surface area contributed by atoms with Crippen molar-refractivity contribution in [2.45, 2.75) is 202 Å². The van der Waals surface area contributed by atoms with Gasteiger partial charge >= 0.3 is 0 Å². The van der Waals surface area contributed by atoms with Crippen LogP contribution in [0, 0.1) is 11.8 Å². The molecule has 0 saturated carbocycles. The lowest BCUT2D eigenvalue weighted by molar-refractivity contribution is -0.266. The fourth-order valence-electron chi connectivity index (χ4n) is 13.0. The molecule has 0 unspecified atom stereocenters. The highest BCUT2D eigenvalue weighted by Crippen LogP contribution is 2.24. The summed E-state index contributed by atoms with van der Waals surface area (Å²) in [5, 5.41) is 74.2. The van der Waals surface area contributed by atoms with Gasteiger partial charge in [-0.15, -0.1) is 5.10 Å². The molecule has 0 radical (unpaired) electrons. The van der Waals surface area contributed by atoms with Crippen molar-refractivity contribution in [2.24, 2.45) is 29.0 Å². The molecule has 8 rings (SSSR count).